The summed E-state index contributed by atoms with van der Waals surface area (Å²) in [5.74, 6) is 1.48. The van der Waals surface area contributed by atoms with Gasteiger partial charge in [0.2, 0.25) is 0 Å². The van der Waals surface area contributed by atoms with Crippen LogP contribution in [-0.4, -0.2) is 46.4 Å². The van der Waals surface area contributed by atoms with Crippen LogP contribution in [-0.2, 0) is 9.53 Å². The highest BCUT2D eigenvalue weighted by molar-refractivity contribution is 7.99. The molecule has 110 valence electrons. The van der Waals surface area contributed by atoms with Gasteiger partial charge in [0.1, 0.15) is 5.54 Å². The molecule has 0 radical (unpaired) electrons. The summed E-state index contributed by atoms with van der Waals surface area (Å²) in [4.78, 5) is 11.5. The molecule has 2 heterocycles. The minimum atomic E-state index is -0.802. The zero-order valence-corrected chi connectivity index (χ0v) is 12.7. The molecule has 4 nitrogen and oxygen atoms in total. The van der Waals surface area contributed by atoms with Crippen LogP contribution >= 0.6 is 11.8 Å². The van der Waals surface area contributed by atoms with Gasteiger partial charge in [-0.25, -0.2) is 0 Å². The molecule has 2 aliphatic heterocycles. The lowest BCUT2D eigenvalue weighted by molar-refractivity contribution is -0.146. The smallest absolute Gasteiger partial charge is 0.323 e. The SMILES string of the molecule is CCCC(C)(NC1CCOC2(CCSC2)C1)C(=O)O. The second-order valence-electron chi connectivity index (χ2n) is 6.06. The molecular weight excluding hydrogens is 262 g/mol. The molecule has 3 atom stereocenters. The third-order valence-electron chi connectivity index (χ3n) is 4.30. The molecular formula is C14H25NO3S. The molecule has 2 aliphatic rings. The third kappa shape index (κ3) is 3.44. The molecule has 5 heteroatoms. The van der Waals surface area contributed by atoms with Gasteiger partial charge in [0.25, 0.3) is 0 Å². The quantitative estimate of drug-likeness (QED) is 0.812. The fourth-order valence-electron chi connectivity index (χ4n) is 3.21. The van der Waals surface area contributed by atoms with E-state index >= 15 is 0 Å². The van der Waals surface area contributed by atoms with Crippen LogP contribution in [0.3, 0.4) is 0 Å². The maximum Gasteiger partial charge on any atom is 0.323 e. The van der Waals surface area contributed by atoms with Gasteiger partial charge in [0, 0.05) is 18.4 Å². The van der Waals surface area contributed by atoms with E-state index in [0.717, 1.165) is 43.8 Å². The van der Waals surface area contributed by atoms with Crippen molar-refractivity contribution in [2.45, 2.75) is 63.1 Å². The molecule has 0 aromatic carbocycles. The van der Waals surface area contributed by atoms with Crippen LogP contribution in [0.1, 0.15) is 46.0 Å². The van der Waals surface area contributed by atoms with Gasteiger partial charge in [-0.15, -0.1) is 0 Å². The van der Waals surface area contributed by atoms with Crippen molar-refractivity contribution in [3.63, 3.8) is 0 Å². The monoisotopic (exact) mass is 287 g/mol. The van der Waals surface area contributed by atoms with E-state index in [4.69, 9.17) is 4.74 Å². The second kappa shape index (κ2) is 6.02. The molecule has 0 aromatic heterocycles. The molecule has 2 fully saturated rings. The van der Waals surface area contributed by atoms with E-state index in [9.17, 15) is 9.90 Å². The van der Waals surface area contributed by atoms with Gasteiger partial charge in [0.05, 0.1) is 5.60 Å². The fourth-order valence-corrected chi connectivity index (χ4v) is 4.58. The lowest BCUT2D eigenvalue weighted by Gasteiger charge is -2.41. The molecule has 2 rings (SSSR count). The van der Waals surface area contributed by atoms with Crippen LogP contribution in [0, 0.1) is 0 Å². The summed E-state index contributed by atoms with van der Waals surface area (Å²) in [7, 11) is 0. The topological polar surface area (TPSA) is 58.6 Å². The molecule has 0 aliphatic carbocycles. The van der Waals surface area contributed by atoms with Gasteiger partial charge in [-0.05, 0) is 38.4 Å². The van der Waals surface area contributed by atoms with Crippen molar-refractivity contribution < 1.29 is 14.6 Å². The number of nitrogens with one attached hydrogen (secondary N) is 1. The molecule has 19 heavy (non-hydrogen) atoms. The van der Waals surface area contributed by atoms with E-state index in [1.54, 1.807) is 0 Å². The average Bonchev–Trinajstić information content (AvgIpc) is 2.77. The van der Waals surface area contributed by atoms with Crippen molar-refractivity contribution in [2.24, 2.45) is 0 Å². The van der Waals surface area contributed by atoms with E-state index in [2.05, 4.69) is 5.32 Å². The standard InChI is InChI=1S/C14H25NO3S/c1-3-5-13(2,12(16)17)15-11-4-7-18-14(9-11)6-8-19-10-14/h11,15H,3-10H2,1-2H3,(H,16,17). The number of thioether (sulfide) groups is 1. The van der Waals surface area contributed by atoms with E-state index in [0.29, 0.717) is 6.42 Å². The van der Waals surface area contributed by atoms with Crippen molar-refractivity contribution in [3.8, 4) is 0 Å². The summed E-state index contributed by atoms with van der Waals surface area (Å²) >= 11 is 1.95. The number of aliphatic carboxylic acids is 1. The minimum Gasteiger partial charge on any atom is -0.480 e. The van der Waals surface area contributed by atoms with Gasteiger partial charge in [-0.2, -0.15) is 11.8 Å². The number of rotatable bonds is 5. The molecule has 0 bridgehead atoms. The number of hydrogen-bond donors (Lipinski definition) is 2. The zero-order valence-electron chi connectivity index (χ0n) is 11.9. The number of carbonyl (C=O) groups is 1. The van der Waals surface area contributed by atoms with Crippen LogP contribution in [0.25, 0.3) is 0 Å². The average molecular weight is 287 g/mol. The van der Waals surface area contributed by atoms with E-state index in [1.165, 1.54) is 0 Å². The maximum atomic E-state index is 11.5. The van der Waals surface area contributed by atoms with Gasteiger partial charge >= 0.3 is 5.97 Å². The maximum absolute atomic E-state index is 11.5. The number of hydrogen-bond acceptors (Lipinski definition) is 4. The molecule has 0 amide bonds. The Balaban J connectivity index is 1.99. The number of carboxylic acids is 1. The number of carboxylic acid groups (broad SMARTS) is 1. The summed E-state index contributed by atoms with van der Waals surface area (Å²) in [6.07, 6.45) is 4.51. The second-order valence-corrected chi connectivity index (χ2v) is 7.16. The minimum absolute atomic E-state index is 0.00616. The first kappa shape index (κ1) is 15.1. The summed E-state index contributed by atoms with van der Waals surface area (Å²) < 4.78 is 5.98. The Bertz CT molecular complexity index is 331. The highest BCUT2D eigenvalue weighted by Crippen LogP contribution is 2.38. The molecule has 3 unspecified atom stereocenters. The Kier molecular flexibility index (Phi) is 4.79. The van der Waals surface area contributed by atoms with Gasteiger partial charge < -0.3 is 9.84 Å². The Hall–Kier alpha value is -0.260. The van der Waals surface area contributed by atoms with E-state index < -0.39 is 11.5 Å². The van der Waals surface area contributed by atoms with Gasteiger partial charge in [0.15, 0.2) is 0 Å². The predicted molar refractivity (Wildman–Crippen MR) is 77.7 cm³/mol. The van der Waals surface area contributed by atoms with Crippen LogP contribution in [0.4, 0.5) is 0 Å². The zero-order chi connectivity index (χ0) is 13.9. The van der Waals surface area contributed by atoms with Crippen LogP contribution in [0.15, 0.2) is 0 Å². The van der Waals surface area contributed by atoms with Gasteiger partial charge in [-0.1, -0.05) is 13.3 Å². The van der Waals surface area contributed by atoms with E-state index in [-0.39, 0.29) is 11.6 Å². The summed E-state index contributed by atoms with van der Waals surface area (Å²) in [5.41, 5.74) is -0.796. The Morgan fingerprint density at radius 3 is 3.00 bits per heavy atom. The first-order valence-electron chi connectivity index (χ1n) is 7.22. The van der Waals surface area contributed by atoms with Crippen molar-refractivity contribution in [2.75, 3.05) is 18.1 Å². The third-order valence-corrected chi connectivity index (χ3v) is 5.53. The van der Waals surface area contributed by atoms with Gasteiger partial charge in [-0.3, -0.25) is 10.1 Å². The lowest BCUT2D eigenvalue weighted by Crippen LogP contribution is -2.57. The lowest BCUT2D eigenvalue weighted by atomic mass is 9.87. The largest absolute Gasteiger partial charge is 0.480 e. The highest BCUT2D eigenvalue weighted by atomic mass is 32.2. The number of ether oxygens (including phenoxy) is 1. The molecule has 1 spiro atoms. The Morgan fingerprint density at radius 1 is 1.63 bits per heavy atom. The first-order valence-corrected chi connectivity index (χ1v) is 8.38. The molecule has 0 saturated carbocycles. The van der Waals surface area contributed by atoms with E-state index in [1.807, 2.05) is 25.6 Å². The van der Waals surface area contributed by atoms with Crippen molar-refractivity contribution >= 4 is 17.7 Å². The summed E-state index contributed by atoms with van der Waals surface area (Å²) in [6.45, 7) is 4.59. The molecule has 2 saturated heterocycles. The summed E-state index contributed by atoms with van der Waals surface area (Å²) in [5, 5.41) is 12.8. The molecule has 2 N–H and O–H groups in total. The van der Waals surface area contributed by atoms with Crippen LogP contribution in [0.2, 0.25) is 0 Å². The normalized spacial score (nSPS) is 34.3. The van der Waals surface area contributed by atoms with Crippen LogP contribution in [0.5, 0.6) is 0 Å². The fraction of sp³-hybridized carbons (Fsp3) is 0.929. The van der Waals surface area contributed by atoms with Crippen molar-refractivity contribution in [3.05, 3.63) is 0 Å². The molecule has 0 aromatic rings. The summed E-state index contributed by atoms with van der Waals surface area (Å²) in [6, 6.07) is 0.264. The van der Waals surface area contributed by atoms with Crippen molar-refractivity contribution in [1.29, 1.82) is 0 Å². The predicted octanol–water partition coefficient (Wildman–Crippen LogP) is 2.27. The highest BCUT2D eigenvalue weighted by Gasteiger charge is 2.43. The first-order chi connectivity index (χ1) is 9.00. The van der Waals surface area contributed by atoms with Crippen molar-refractivity contribution in [1.82, 2.24) is 5.32 Å². The van der Waals surface area contributed by atoms with Crippen LogP contribution < -0.4 is 5.32 Å². The Labute approximate surface area is 119 Å². The Morgan fingerprint density at radius 2 is 2.42 bits per heavy atom.